The Balaban J connectivity index is 2.00. The van der Waals surface area contributed by atoms with E-state index in [-0.39, 0.29) is 23.4 Å². The molecule has 0 aliphatic carbocycles. The predicted molar refractivity (Wildman–Crippen MR) is 81.8 cm³/mol. The predicted octanol–water partition coefficient (Wildman–Crippen LogP) is 0.394. The summed E-state index contributed by atoms with van der Waals surface area (Å²) in [6, 6.07) is 0. The molecule has 2 heterocycles. The SMILES string of the molecule is COC1CCN(S(=O)(=O)CC2CN(C)CCO2)CC1(C)C. The lowest BCUT2D eigenvalue weighted by Gasteiger charge is -2.43. The standard InChI is InChI=1S/C14H28N2O4S/c1-14(2)11-16(6-5-13(14)19-4)21(17,18)10-12-9-15(3)7-8-20-12/h12-13H,5-11H2,1-4H3. The van der Waals surface area contributed by atoms with Crippen LogP contribution in [0.1, 0.15) is 20.3 Å². The Morgan fingerprint density at radius 2 is 2.05 bits per heavy atom. The van der Waals surface area contributed by atoms with Crippen LogP contribution in [-0.4, -0.2) is 82.5 Å². The van der Waals surface area contributed by atoms with Gasteiger partial charge in [-0.05, 0) is 13.5 Å². The van der Waals surface area contributed by atoms with Gasteiger partial charge >= 0.3 is 0 Å². The molecule has 0 radical (unpaired) electrons. The molecule has 0 aromatic heterocycles. The normalized spacial score (nSPS) is 32.2. The van der Waals surface area contributed by atoms with E-state index in [2.05, 4.69) is 18.7 Å². The fourth-order valence-corrected chi connectivity index (χ4v) is 5.06. The Hall–Kier alpha value is -0.210. The first-order chi connectivity index (χ1) is 9.74. The van der Waals surface area contributed by atoms with Crippen molar-refractivity contribution in [2.75, 3.05) is 52.7 Å². The van der Waals surface area contributed by atoms with Gasteiger partial charge in [-0.3, -0.25) is 0 Å². The van der Waals surface area contributed by atoms with Crippen LogP contribution in [0.4, 0.5) is 0 Å². The number of piperidine rings is 1. The molecule has 2 aliphatic heterocycles. The van der Waals surface area contributed by atoms with E-state index in [1.165, 1.54) is 0 Å². The van der Waals surface area contributed by atoms with Crippen LogP contribution in [0.25, 0.3) is 0 Å². The van der Waals surface area contributed by atoms with Gasteiger partial charge in [0.15, 0.2) is 0 Å². The lowest BCUT2D eigenvalue weighted by molar-refractivity contribution is -0.0338. The second kappa shape index (κ2) is 6.50. The van der Waals surface area contributed by atoms with E-state index in [4.69, 9.17) is 9.47 Å². The van der Waals surface area contributed by atoms with Crippen molar-refractivity contribution in [2.24, 2.45) is 5.41 Å². The van der Waals surface area contributed by atoms with Gasteiger partial charge in [0.1, 0.15) is 0 Å². The van der Waals surface area contributed by atoms with Gasteiger partial charge in [0.25, 0.3) is 0 Å². The van der Waals surface area contributed by atoms with Crippen molar-refractivity contribution in [1.29, 1.82) is 0 Å². The molecule has 124 valence electrons. The molecule has 2 fully saturated rings. The third-order valence-corrected chi connectivity index (χ3v) is 6.40. The maximum atomic E-state index is 12.6. The van der Waals surface area contributed by atoms with Gasteiger partial charge < -0.3 is 14.4 Å². The highest BCUT2D eigenvalue weighted by Gasteiger charge is 2.41. The van der Waals surface area contributed by atoms with Gasteiger partial charge in [-0.15, -0.1) is 0 Å². The van der Waals surface area contributed by atoms with E-state index in [0.29, 0.717) is 26.2 Å². The molecule has 6 nitrogen and oxygen atoms in total. The smallest absolute Gasteiger partial charge is 0.216 e. The Morgan fingerprint density at radius 3 is 2.62 bits per heavy atom. The summed E-state index contributed by atoms with van der Waals surface area (Å²) in [5.74, 6) is 0.0745. The van der Waals surface area contributed by atoms with Gasteiger partial charge in [0.05, 0.1) is 24.6 Å². The fourth-order valence-electron chi connectivity index (χ4n) is 3.27. The summed E-state index contributed by atoms with van der Waals surface area (Å²) >= 11 is 0. The van der Waals surface area contributed by atoms with Crippen LogP contribution in [0.3, 0.4) is 0 Å². The van der Waals surface area contributed by atoms with Crippen LogP contribution >= 0.6 is 0 Å². The largest absolute Gasteiger partial charge is 0.381 e. The quantitative estimate of drug-likeness (QED) is 0.750. The van der Waals surface area contributed by atoms with E-state index in [1.54, 1.807) is 11.4 Å². The topological polar surface area (TPSA) is 59.1 Å². The number of ether oxygens (including phenoxy) is 2. The van der Waals surface area contributed by atoms with Crippen LogP contribution in [0, 0.1) is 5.41 Å². The van der Waals surface area contributed by atoms with Crippen molar-refractivity contribution >= 4 is 10.0 Å². The minimum Gasteiger partial charge on any atom is -0.381 e. The number of sulfonamides is 1. The lowest BCUT2D eigenvalue weighted by Crippen LogP contribution is -2.53. The molecule has 21 heavy (non-hydrogen) atoms. The number of hydrogen-bond donors (Lipinski definition) is 0. The Labute approximate surface area is 128 Å². The van der Waals surface area contributed by atoms with Crippen molar-refractivity contribution in [3.8, 4) is 0 Å². The van der Waals surface area contributed by atoms with Crippen LogP contribution in [-0.2, 0) is 19.5 Å². The highest BCUT2D eigenvalue weighted by molar-refractivity contribution is 7.89. The Morgan fingerprint density at radius 1 is 1.33 bits per heavy atom. The van der Waals surface area contributed by atoms with Crippen molar-refractivity contribution in [3.63, 3.8) is 0 Å². The Bertz CT molecular complexity index is 452. The molecule has 0 spiro atoms. The van der Waals surface area contributed by atoms with Crippen LogP contribution in [0.15, 0.2) is 0 Å². The van der Waals surface area contributed by atoms with Crippen molar-refractivity contribution < 1.29 is 17.9 Å². The summed E-state index contributed by atoms with van der Waals surface area (Å²) < 4.78 is 37.9. The summed E-state index contributed by atoms with van der Waals surface area (Å²) in [4.78, 5) is 2.12. The summed E-state index contributed by atoms with van der Waals surface area (Å²) in [6.07, 6.45) is 0.631. The van der Waals surface area contributed by atoms with E-state index < -0.39 is 10.0 Å². The monoisotopic (exact) mass is 320 g/mol. The molecule has 0 amide bonds. The van der Waals surface area contributed by atoms with Gasteiger partial charge in [-0.2, -0.15) is 0 Å². The molecule has 0 N–H and O–H groups in total. The van der Waals surface area contributed by atoms with Crippen molar-refractivity contribution in [1.82, 2.24) is 9.21 Å². The Kier molecular flexibility index (Phi) is 5.31. The van der Waals surface area contributed by atoms with Gasteiger partial charge in [-0.1, -0.05) is 13.8 Å². The number of hydrogen-bond acceptors (Lipinski definition) is 5. The van der Waals surface area contributed by atoms with E-state index >= 15 is 0 Å². The summed E-state index contributed by atoms with van der Waals surface area (Å²) in [5, 5.41) is 0. The zero-order chi connectivity index (χ0) is 15.7. The number of nitrogens with zero attached hydrogens (tertiary/aromatic N) is 2. The molecule has 0 aromatic rings. The molecule has 7 heteroatoms. The summed E-state index contributed by atoms with van der Waals surface area (Å²) in [5.41, 5.74) is -0.162. The molecule has 2 rings (SSSR count). The first-order valence-corrected chi connectivity index (χ1v) is 9.16. The van der Waals surface area contributed by atoms with Crippen molar-refractivity contribution in [3.05, 3.63) is 0 Å². The first kappa shape index (κ1) is 17.1. The highest BCUT2D eigenvalue weighted by atomic mass is 32.2. The molecule has 2 unspecified atom stereocenters. The molecule has 2 aliphatic rings. The second-order valence-electron chi connectivity index (χ2n) is 6.87. The molecule has 0 bridgehead atoms. The third-order valence-electron chi connectivity index (χ3n) is 4.51. The molecular formula is C14H28N2O4S. The average molecular weight is 320 g/mol. The molecular weight excluding hydrogens is 292 g/mol. The lowest BCUT2D eigenvalue weighted by atomic mass is 9.82. The minimum absolute atomic E-state index is 0.0745. The van der Waals surface area contributed by atoms with Gasteiger partial charge in [0, 0.05) is 38.7 Å². The summed E-state index contributed by atoms with van der Waals surface area (Å²) in [7, 11) is 0.409. The zero-order valence-corrected chi connectivity index (χ0v) is 14.4. The second-order valence-corrected chi connectivity index (χ2v) is 8.88. The number of methoxy groups -OCH3 is 1. The number of morpholine rings is 1. The molecule has 2 atom stereocenters. The van der Waals surface area contributed by atoms with Crippen LogP contribution in [0.5, 0.6) is 0 Å². The van der Waals surface area contributed by atoms with E-state index in [1.807, 2.05) is 7.05 Å². The highest BCUT2D eigenvalue weighted by Crippen LogP contribution is 2.32. The molecule has 0 saturated carbocycles. The maximum absolute atomic E-state index is 12.6. The molecule has 0 aromatic carbocycles. The van der Waals surface area contributed by atoms with Crippen LogP contribution < -0.4 is 0 Å². The van der Waals surface area contributed by atoms with Gasteiger partial charge in [0.2, 0.25) is 10.0 Å². The third kappa shape index (κ3) is 4.16. The summed E-state index contributed by atoms with van der Waals surface area (Å²) in [6.45, 7) is 7.32. The fraction of sp³-hybridized carbons (Fsp3) is 1.00. The van der Waals surface area contributed by atoms with Gasteiger partial charge in [-0.25, -0.2) is 12.7 Å². The van der Waals surface area contributed by atoms with Crippen molar-refractivity contribution in [2.45, 2.75) is 32.5 Å². The maximum Gasteiger partial charge on any atom is 0.216 e. The van der Waals surface area contributed by atoms with Crippen LogP contribution in [0.2, 0.25) is 0 Å². The van der Waals surface area contributed by atoms with E-state index in [0.717, 1.165) is 13.0 Å². The van der Waals surface area contributed by atoms with E-state index in [9.17, 15) is 8.42 Å². The number of likely N-dealkylation sites (N-methyl/N-ethyl adjacent to an activating group) is 1. The zero-order valence-electron chi connectivity index (χ0n) is 13.5. The minimum atomic E-state index is -3.28. The first-order valence-electron chi connectivity index (χ1n) is 7.55. The number of rotatable bonds is 4. The molecule has 2 saturated heterocycles. The average Bonchev–Trinajstić information content (AvgIpc) is 2.37.